The molecule has 2 heterocycles. The van der Waals surface area contributed by atoms with Crippen LogP contribution in [0.4, 0.5) is 19.2 Å². The number of ether oxygens (including phenoxy) is 5. The van der Waals surface area contributed by atoms with E-state index in [1.807, 2.05) is 0 Å². The fourth-order valence-corrected chi connectivity index (χ4v) is 3.89. The van der Waals surface area contributed by atoms with E-state index >= 15 is 0 Å². The Labute approximate surface area is 260 Å². The molecular formula is C29H52N4O11. The lowest BCUT2D eigenvalue weighted by atomic mass is 9.90. The molecule has 0 aliphatic carbocycles. The number of rotatable bonds is 4. The van der Waals surface area contributed by atoms with E-state index in [4.69, 9.17) is 23.7 Å². The number of nitrogens with zero attached hydrogens (tertiary/aromatic N) is 2. The predicted octanol–water partition coefficient (Wildman–Crippen LogP) is 3.17. The average molecular weight is 633 g/mol. The van der Waals surface area contributed by atoms with Gasteiger partial charge < -0.3 is 49.2 Å². The topological polar surface area (TPSA) is 182 Å². The summed E-state index contributed by atoms with van der Waals surface area (Å²) in [5.74, 6) is -0.636. The van der Waals surface area contributed by atoms with Gasteiger partial charge >= 0.3 is 30.3 Å². The fraction of sp³-hybridized carbons (Fsp3) is 0.828. The first-order valence-electron chi connectivity index (χ1n) is 14.3. The van der Waals surface area contributed by atoms with Crippen LogP contribution in [0.15, 0.2) is 0 Å². The quantitative estimate of drug-likeness (QED) is 0.306. The van der Waals surface area contributed by atoms with Gasteiger partial charge in [-0.15, -0.1) is 0 Å². The van der Waals surface area contributed by atoms with Gasteiger partial charge in [0.2, 0.25) is 0 Å². The zero-order chi connectivity index (χ0) is 34.5. The Balaban J connectivity index is 0.000000442. The number of nitrogens with one attached hydrogen (secondary N) is 2. The second-order valence-electron chi connectivity index (χ2n) is 14.9. The van der Waals surface area contributed by atoms with Crippen molar-refractivity contribution in [3.8, 4) is 0 Å². The Hall–Kier alpha value is -3.49. The van der Waals surface area contributed by atoms with Gasteiger partial charge in [-0.25, -0.2) is 24.0 Å². The number of aliphatic hydroxyl groups excluding tert-OH is 1. The van der Waals surface area contributed by atoms with E-state index in [1.165, 1.54) is 16.9 Å². The number of hydrogen-bond acceptors (Lipinski definition) is 11. The maximum Gasteiger partial charge on any atom is 0.410 e. The lowest BCUT2D eigenvalue weighted by Crippen LogP contribution is -2.75. The SMILES string of the molecule is CC(C)(C)OC(=O)NC1(CO)CN(C(=O)OC(C)(C)C)C1.COC(=O)C1(NC(=O)OC(C)(C)C)CN(C(=O)OC(C)(C)C)C1. The van der Waals surface area contributed by atoms with Crippen molar-refractivity contribution >= 4 is 30.3 Å². The van der Waals surface area contributed by atoms with Gasteiger partial charge in [-0.1, -0.05) is 0 Å². The minimum atomic E-state index is -1.31. The van der Waals surface area contributed by atoms with Gasteiger partial charge in [-0.2, -0.15) is 0 Å². The summed E-state index contributed by atoms with van der Waals surface area (Å²) < 4.78 is 25.5. The molecule has 0 radical (unpaired) electrons. The highest BCUT2D eigenvalue weighted by Crippen LogP contribution is 2.26. The van der Waals surface area contributed by atoms with Crippen LogP contribution in [0.3, 0.4) is 0 Å². The van der Waals surface area contributed by atoms with Crippen LogP contribution in [0, 0.1) is 0 Å². The number of methoxy groups -OCH3 is 1. The fourth-order valence-electron chi connectivity index (χ4n) is 3.89. The summed E-state index contributed by atoms with van der Waals surface area (Å²) in [4.78, 5) is 62.2. The lowest BCUT2D eigenvalue weighted by molar-refractivity contribution is -0.155. The van der Waals surface area contributed by atoms with E-state index in [-0.39, 0.29) is 32.8 Å². The molecule has 0 bridgehead atoms. The third-order valence-corrected chi connectivity index (χ3v) is 5.60. The zero-order valence-corrected chi connectivity index (χ0v) is 28.5. The molecule has 0 saturated carbocycles. The number of amides is 4. The Morgan fingerprint density at radius 1 is 0.614 bits per heavy atom. The molecule has 0 spiro atoms. The molecule has 2 aliphatic rings. The van der Waals surface area contributed by atoms with Gasteiger partial charge in [0.1, 0.15) is 27.9 Å². The van der Waals surface area contributed by atoms with Crippen LogP contribution in [0.25, 0.3) is 0 Å². The number of carbonyl (C=O) groups is 5. The summed E-state index contributed by atoms with van der Waals surface area (Å²) in [6.07, 6.45) is -2.37. The number of likely N-dealkylation sites (tertiary alicyclic amines) is 2. The van der Waals surface area contributed by atoms with Crippen molar-refractivity contribution in [2.75, 3.05) is 39.9 Å². The normalized spacial score (nSPS) is 17.3. The van der Waals surface area contributed by atoms with Crippen molar-refractivity contribution in [3.05, 3.63) is 0 Å². The third-order valence-electron chi connectivity index (χ3n) is 5.60. The van der Waals surface area contributed by atoms with E-state index in [0.717, 1.165) is 0 Å². The summed E-state index contributed by atoms with van der Waals surface area (Å²) in [6.45, 7) is 21.0. The van der Waals surface area contributed by atoms with E-state index in [1.54, 1.807) is 83.1 Å². The standard InChI is InChI=1S/C15H26N2O6.C14H26N2O5/c1-13(2,3)22-11(19)16-15(10(18)21-7)8-17(9-15)12(20)23-14(4,5)6;1-12(2,3)20-10(18)15-14(9-17)7-16(8-14)11(19)21-13(4,5)6/h8-9H2,1-7H3,(H,16,19);17H,7-9H2,1-6H3,(H,15,18). The molecule has 4 amide bonds. The largest absolute Gasteiger partial charge is 0.467 e. The molecule has 3 N–H and O–H groups in total. The van der Waals surface area contributed by atoms with Gasteiger partial charge in [0, 0.05) is 0 Å². The van der Waals surface area contributed by atoms with E-state index in [9.17, 15) is 29.1 Å². The highest BCUT2D eigenvalue weighted by atomic mass is 16.6. The Bertz CT molecular complexity index is 1050. The van der Waals surface area contributed by atoms with Crippen molar-refractivity contribution in [3.63, 3.8) is 0 Å². The van der Waals surface area contributed by atoms with E-state index in [2.05, 4.69) is 10.6 Å². The number of hydrogen-bond donors (Lipinski definition) is 3. The van der Waals surface area contributed by atoms with Crippen molar-refractivity contribution in [2.24, 2.45) is 0 Å². The summed E-state index contributed by atoms with van der Waals surface area (Å²) in [7, 11) is 1.22. The van der Waals surface area contributed by atoms with Crippen molar-refractivity contribution in [1.29, 1.82) is 0 Å². The maximum atomic E-state index is 12.0. The molecule has 0 aromatic rings. The minimum absolute atomic E-state index is 0.0339. The lowest BCUT2D eigenvalue weighted by Gasteiger charge is -2.48. The molecule has 0 unspecified atom stereocenters. The zero-order valence-electron chi connectivity index (χ0n) is 28.5. The summed E-state index contributed by atoms with van der Waals surface area (Å²) in [6, 6.07) is 0. The van der Waals surface area contributed by atoms with Crippen LogP contribution in [-0.4, -0.2) is 119 Å². The summed E-state index contributed by atoms with van der Waals surface area (Å²) >= 11 is 0. The number of carbonyl (C=O) groups excluding carboxylic acids is 5. The minimum Gasteiger partial charge on any atom is -0.467 e. The van der Waals surface area contributed by atoms with E-state index in [0.29, 0.717) is 0 Å². The molecule has 0 aromatic carbocycles. The second-order valence-corrected chi connectivity index (χ2v) is 14.9. The number of esters is 1. The molecule has 15 nitrogen and oxygen atoms in total. The first-order valence-corrected chi connectivity index (χ1v) is 14.3. The molecule has 2 fully saturated rings. The summed E-state index contributed by atoms with van der Waals surface area (Å²) in [5, 5.41) is 14.6. The van der Waals surface area contributed by atoms with Crippen LogP contribution in [0.1, 0.15) is 83.1 Å². The van der Waals surface area contributed by atoms with Gasteiger partial charge in [-0.3, -0.25) is 0 Å². The monoisotopic (exact) mass is 632 g/mol. The molecule has 2 saturated heterocycles. The Morgan fingerprint density at radius 3 is 1.27 bits per heavy atom. The van der Waals surface area contributed by atoms with Crippen molar-refractivity contribution in [2.45, 2.75) is 117 Å². The highest BCUT2D eigenvalue weighted by Gasteiger charge is 2.55. The third kappa shape index (κ3) is 12.6. The first-order chi connectivity index (χ1) is 19.6. The Kier molecular flexibility index (Phi) is 12.0. The van der Waals surface area contributed by atoms with Gasteiger partial charge in [0.15, 0.2) is 5.54 Å². The molecule has 2 rings (SSSR count). The van der Waals surface area contributed by atoms with Gasteiger partial charge in [0.05, 0.1) is 39.9 Å². The van der Waals surface area contributed by atoms with Gasteiger partial charge in [0.25, 0.3) is 0 Å². The van der Waals surface area contributed by atoms with Crippen LogP contribution in [-0.2, 0) is 28.5 Å². The molecule has 0 atom stereocenters. The van der Waals surface area contributed by atoms with Crippen LogP contribution in [0.2, 0.25) is 0 Å². The molecule has 2 aliphatic heterocycles. The number of aliphatic hydroxyl groups is 1. The molecule has 254 valence electrons. The first kappa shape index (κ1) is 38.5. The van der Waals surface area contributed by atoms with Crippen molar-refractivity contribution in [1.82, 2.24) is 20.4 Å². The van der Waals surface area contributed by atoms with Crippen LogP contribution < -0.4 is 10.6 Å². The smallest absolute Gasteiger partial charge is 0.410 e. The van der Waals surface area contributed by atoms with E-state index < -0.39 is 63.8 Å². The average Bonchev–Trinajstić information content (AvgIpc) is 2.73. The van der Waals surface area contributed by atoms with Gasteiger partial charge in [-0.05, 0) is 83.1 Å². The van der Waals surface area contributed by atoms with Crippen LogP contribution >= 0.6 is 0 Å². The number of alkyl carbamates (subject to hydrolysis) is 2. The maximum absolute atomic E-state index is 12.0. The molecule has 0 aromatic heterocycles. The summed E-state index contributed by atoms with van der Waals surface area (Å²) in [5.41, 5.74) is -4.70. The Morgan fingerprint density at radius 2 is 0.955 bits per heavy atom. The molecule has 15 heteroatoms. The second kappa shape index (κ2) is 13.7. The van der Waals surface area contributed by atoms with Crippen LogP contribution in [0.5, 0.6) is 0 Å². The van der Waals surface area contributed by atoms with Crippen molar-refractivity contribution < 1.29 is 52.8 Å². The molecule has 44 heavy (non-hydrogen) atoms. The predicted molar refractivity (Wildman–Crippen MR) is 159 cm³/mol. The molecular weight excluding hydrogens is 580 g/mol. The highest BCUT2D eigenvalue weighted by molar-refractivity contribution is 5.89.